The highest BCUT2D eigenvalue weighted by Crippen LogP contribution is 2.28. The summed E-state index contributed by atoms with van der Waals surface area (Å²) in [7, 11) is -3.48. The molecule has 112 valence electrons. The van der Waals surface area contributed by atoms with Crippen LogP contribution >= 0.6 is 11.6 Å². The summed E-state index contributed by atoms with van der Waals surface area (Å²) in [5.41, 5.74) is 7.16. The Morgan fingerprint density at radius 3 is 2.35 bits per heavy atom. The van der Waals surface area contributed by atoms with Gasteiger partial charge in [-0.25, -0.2) is 8.42 Å². The van der Waals surface area contributed by atoms with Crippen LogP contribution in [0.1, 0.15) is 36.8 Å². The number of hydrogen-bond donors (Lipinski definition) is 1. The molecule has 0 radical (unpaired) electrons. The lowest BCUT2D eigenvalue weighted by atomic mass is 10.1. The molecule has 1 fully saturated rings. The van der Waals surface area contributed by atoms with Gasteiger partial charge in [-0.2, -0.15) is 4.31 Å². The molecule has 1 aliphatic heterocycles. The Bertz CT molecular complexity index is 579. The first kappa shape index (κ1) is 15.8. The molecule has 2 N–H and O–H groups in total. The van der Waals surface area contributed by atoms with Crippen LogP contribution in [-0.2, 0) is 16.6 Å². The van der Waals surface area contributed by atoms with Gasteiger partial charge in [0, 0.05) is 24.7 Å². The fourth-order valence-corrected chi connectivity index (χ4v) is 4.73. The van der Waals surface area contributed by atoms with E-state index in [-0.39, 0.29) is 6.54 Å². The molecule has 1 heterocycles. The number of halogens is 1. The Hall–Kier alpha value is -0.620. The van der Waals surface area contributed by atoms with E-state index in [1.54, 1.807) is 17.3 Å². The van der Waals surface area contributed by atoms with Crippen molar-refractivity contribution in [1.82, 2.24) is 4.31 Å². The molecule has 0 unspecified atom stereocenters. The average molecular weight is 317 g/mol. The van der Waals surface area contributed by atoms with Crippen molar-refractivity contribution in [3.63, 3.8) is 0 Å². The van der Waals surface area contributed by atoms with Crippen LogP contribution in [0.5, 0.6) is 0 Å². The van der Waals surface area contributed by atoms with Crippen LogP contribution in [0.4, 0.5) is 0 Å². The molecule has 0 aromatic heterocycles. The second kappa shape index (κ2) is 6.43. The molecule has 2 rings (SSSR count). The van der Waals surface area contributed by atoms with E-state index in [4.69, 9.17) is 17.3 Å². The van der Waals surface area contributed by atoms with E-state index in [0.717, 1.165) is 31.2 Å². The minimum absolute atomic E-state index is 0.287. The Labute approximate surface area is 126 Å². The summed E-state index contributed by atoms with van der Waals surface area (Å²) >= 11 is 6.04. The molecular formula is C14H21ClN2O2S. The zero-order chi connectivity index (χ0) is 14.8. The first-order chi connectivity index (χ1) is 9.46. The van der Waals surface area contributed by atoms with Crippen LogP contribution in [0.25, 0.3) is 0 Å². The lowest BCUT2D eigenvalue weighted by molar-refractivity contribution is 0.423. The van der Waals surface area contributed by atoms with Gasteiger partial charge in [0.2, 0.25) is 10.0 Å². The van der Waals surface area contributed by atoms with E-state index < -0.39 is 10.0 Å². The molecular weight excluding hydrogens is 296 g/mol. The molecule has 1 aromatic carbocycles. The maximum absolute atomic E-state index is 12.8. The summed E-state index contributed by atoms with van der Waals surface area (Å²) in [5, 5.41) is 0.421. The largest absolute Gasteiger partial charge is 0.326 e. The van der Waals surface area contributed by atoms with Gasteiger partial charge in [-0.3, -0.25) is 0 Å². The minimum Gasteiger partial charge on any atom is -0.326 e. The number of nitrogens with zero attached hydrogens (tertiary/aromatic N) is 1. The summed E-state index contributed by atoms with van der Waals surface area (Å²) in [6.07, 6.45) is 4.02. The molecule has 20 heavy (non-hydrogen) atoms. The number of benzene rings is 1. The maximum Gasteiger partial charge on any atom is 0.243 e. The molecule has 0 spiro atoms. The van der Waals surface area contributed by atoms with Crippen molar-refractivity contribution in [2.75, 3.05) is 13.1 Å². The zero-order valence-corrected chi connectivity index (χ0v) is 13.3. The Kier molecular flexibility index (Phi) is 5.07. The smallest absolute Gasteiger partial charge is 0.243 e. The molecule has 0 bridgehead atoms. The van der Waals surface area contributed by atoms with Crippen LogP contribution in [-0.4, -0.2) is 25.8 Å². The van der Waals surface area contributed by atoms with Crippen LogP contribution in [0, 0.1) is 6.92 Å². The molecule has 0 atom stereocenters. The second-order valence-corrected chi connectivity index (χ2v) is 7.55. The Morgan fingerprint density at radius 1 is 1.20 bits per heavy atom. The van der Waals surface area contributed by atoms with E-state index in [1.807, 2.05) is 0 Å². The summed E-state index contributed by atoms with van der Waals surface area (Å²) in [6.45, 7) is 3.26. The minimum atomic E-state index is -3.48. The van der Waals surface area contributed by atoms with Crippen molar-refractivity contribution < 1.29 is 8.42 Å². The molecule has 1 aromatic rings. The summed E-state index contributed by atoms with van der Waals surface area (Å²) < 4.78 is 27.2. The van der Waals surface area contributed by atoms with Gasteiger partial charge in [0.25, 0.3) is 0 Å². The molecule has 0 aliphatic carbocycles. The van der Waals surface area contributed by atoms with Crippen molar-refractivity contribution in [2.24, 2.45) is 5.73 Å². The van der Waals surface area contributed by atoms with Crippen LogP contribution < -0.4 is 5.73 Å². The standard InChI is InChI=1S/C14H21ClN2O2S/c1-11-12(10-16)8-13(15)9-14(11)20(18,19)17-6-4-2-3-5-7-17/h8-9H,2-7,10,16H2,1H3. The second-order valence-electron chi connectivity index (χ2n) is 5.21. The van der Waals surface area contributed by atoms with Gasteiger partial charge in [0.05, 0.1) is 4.90 Å². The predicted molar refractivity (Wildman–Crippen MR) is 81.3 cm³/mol. The molecule has 1 saturated heterocycles. The Morgan fingerprint density at radius 2 is 1.80 bits per heavy atom. The highest BCUT2D eigenvalue weighted by Gasteiger charge is 2.27. The van der Waals surface area contributed by atoms with Crippen LogP contribution in [0.15, 0.2) is 17.0 Å². The fourth-order valence-electron chi connectivity index (χ4n) is 2.61. The monoisotopic (exact) mass is 316 g/mol. The van der Waals surface area contributed by atoms with Crippen molar-refractivity contribution in [1.29, 1.82) is 0 Å². The van der Waals surface area contributed by atoms with Crippen molar-refractivity contribution in [3.05, 3.63) is 28.3 Å². The summed E-state index contributed by atoms with van der Waals surface area (Å²) in [6, 6.07) is 3.27. The van der Waals surface area contributed by atoms with E-state index in [1.165, 1.54) is 6.07 Å². The molecule has 4 nitrogen and oxygen atoms in total. The topological polar surface area (TPSA) is 63.4 Å². The molecule has 1 aliphatic rings. The highest BCUT2D eigenvalue weighted by molar-refractivity contribution is 7.89. The number of nitrogens with two attached hydrogens (primary N) is 1. The average Bonchev–Trinajstić information content (AvgIpc) is 2.70. The third kappa shape index (κ3) is 3.17. The van der Waals surface area contributed by atoms with Gasteiger partial charge in [0.1, 0.15) is 0 Å². The van der Waals surface area contributed by atoms with Gasteiger partial charge >= 0.3 is 0 Å². The predicted octanol–water partition coefficient (Wildman–Crippen LogP) is 2.67. The number of sulfonamides is 1. The lowest BCUT2D eigenvalue weighted by Gasteiger charge is -2.22. The SMILES string of the molecule is Cc1c(CN)cc(Cl)cc1S(=O)(=O)N1CCCCCC1. The third-order valence-corrected chi connectivity index (χ3v) is 6.08. The number of rotatable bonds is 3. The summed E-state index contributed by atoms with van der Waals surface area (Å²) in [5.74, 6) is 0. The molecule has 6 heteroatoms. The van der Waals surface area contributed by atoms with E-state index in [9.17, 15) is 8.42 Å². The highest BCUT2D eigenvalue weighted by atomic mass is 35.5. The van der Waals surface area contributed by atoms with E-state index >= 15 is 0 Å². The van der Waals surface area contributed by atoms with Crippen molar-refractivity contribution in [2.45, 2.75) is 44.0 Å². The van der Waals surface area contributed by atoms with Crippen molar-refractivity contribution in [3.8, 4) is 0 Å². The fraction of sp³-hybridized carbons (Fsp3) is 0.571. The van der Waals surface area contributed by atoms with Gasteiger partial charge in [-0.1, -0.05) is 24.4 Å². The van der Waals surface area contributed by atoms with Gasteiger partial charge in [-0.15, -0.1) is 0 Å². The summed E-state index contributed by atoms with van der Waals surface area (Å²) in [4.78, 5) is 0.298. The molecule has 0 saturated carbocycles. The van der Waals surface area contributed by atoms with E-state index in [2.05, 4.69) is 0 Å². The third-order valence-electron chi connectivity index (χ3n) is 3.84. The quantitative estimate of drug-likeness (QED) is 0.932. The van der Waals surface area contributed by atoms with Crippen LogP contribution in [0.3, 0.4) is 0 Å². The van der Waals surface area contributed by atoms with Crippen molar-refractivity contribution >= 4 is 21.6 Å². The first-order valence-corrected chi connectivity index (χ1v) is 8.78. The zero-order valence-electron chi connectivity index (χ0n) is 11.7. The van der Waals surface area contributed by atoms with Gasteiger partial charge in [-0.05, 0) is 43.0 Å². The molecule has 0 amide bonds. The maximum atomic E-state index is 12.8. The van der Waals surface area contributed by atoms with Crippen LogP contribution in [0.2, 0.25) is 5.02 Å². The lowest BCUT2D eigenvalue weighted by Crippen LogP contribution is -2.32. The Balaban J connectivity index is 2.45. The normalized spacial score (nSPS) is 17.9. The van der Waals surface area contributed by atoms with E-state index in [0.29, 0.717) is 28.6 Å². The van der Waals surface area contributed by atoms with Gasteiger partial charge in [0.15, 0.2) is 0 Å². The first-order valence-electron chi connectivity index (χ1n) is 6.96. The number of hydrogen-bond acceptors (Lipinski definition) is 3. The van der Waals surface area contributed by atoms with Gasteiger partial charge < -0.3 is 5.73 Å².